The molecule has 0 saturated carbocycles. The zero-order chi connectivity index (χ0) is 35.2. The van der Waals surface area contributed by atoms with Crippen LogP contribution in [-0.2, 0) is 19.6 Å². The third-order valence-electron chi connectivity index (χ3n) is 7.86. The smallest absolute Gasteiger partial charge is 0.203 e. The Kier molecular flexibility index (Phi) is 11.2. The first-order valence-electron chi connectivity index (χ1n) is 16.4. The van der Waals surface area contributed by atoms with Crippen molar-refractivity contribution in [2.75, 3.05) is 20.1 Å². The summed E-state index contributed by atoms with van der Waals surface area (Å²) < 4.78 is 0. The quantitative estimate of drug-likeness (QED) is 0.155. The van der Waals surface area contributed by atoms with Crippen molar-refractivity contribution in [1.29, 1.82) is 0 Å². The molecule has 0 aromatic carbocycles. The molecule has 0 saturated heterocycles. The fraction of sp³-hybridized carbons (Fsp3) is 0.438. The molecular weight excluding hydrogens is 691 g/mol. The highest BCUT2D eigenvalue weighted by Gasteiger charge is 2.27. The van der Waals surface area contributed by atoms with Gasteiger partial charge in [-0.15, -0.1) is 34.0 Å². The van der Waals surface area contributed by atoms with Crippen LogP contribution in [0.1, 0.15) is 42.6 Å². The van der Waals surface area contributed by atoms with Gasteiger partial charge in [0.2, 0.25) is 17.9 Å². The van der Waals surface area contributed by atoms with E-state index < -0.39 is 6.17 Å². The molecule has 3 atom stereocenters. The minimum Gasteiger partial charge on any atom is -0.370 e. The van der Waals surface area contributed by atoms with Gasteiger partial charge in [0.15, 0.2) is 24.0 Å². The maximum absolute atomic E-state index is 6.45. The van der Waals surface area contributed by atoms with Crippen molar-refractivity contribution in [2.45, 2.75) is 72.2 Å². The lowest BCUT2D eigenvalue weighted by atomic mass is 10.3. The molecule has 15 nitrogen and oxygen atoms in total. The second-order valence-electron chi connectivity index (χ2n) is 12.1. The second kappa shape index (κ2) is 15.9. The van der Waals surface area contributed by atoms with Gasteiger partial charge in [-0.2, -0.15) is 0 Å². The van der Waals surface area contributed by atoms with Crippen molar-refractivity contribution in [3.63, 3.8) is 0 Å². The summed E-state index contributed by atoms with van der Waals surface area (Å²) in [6.45, 7) is 11.2. The molecule has 3 aromatic heterocycles. The highest BCUT2D eigenvalue weighted by atomic mass is 32.1. The van der Waals surface area contributed by atoms with Crippen LogP contribution < -0.4 is 38.1 Å². The predicted molar refractivity (Wildman–Crippen MR) is 208 cm³/mol. The number of aliphatic imine (C=N–C) groups is 6. The number of thiophene rings is 3. The second-order valence-corrected chi connectivity index (χ2v) is 16.2. The van der Waals surface area contributed by atoms with E-state index in [2.05, 4.69) is 104 Å². The summed E-state index contributed by atoms with van der Waals surface area (Å²) in [6, 6.07) is 12.8. The van der Waals surface area contributed by atoms with Crippen LogP contribution in [0.3, 0.4) is 0 Å². The number of rotatable bonds is 11. The van der Waals surface area contributed by atoms with E-state index in [4.69, 9.17) is 31.4 Å². The standard InChI is InChI=1S/C32H45N15S3/c1-18-6-9-22(48-18)14-36-30-41-25(39-27(33)43-30)12-13-46(15-23-10-7-19(2)49-23)32-42-26(40-28(34)44-32)17-47(16-24-11-8-20(3)50-24)31-38-21(4)37-29(35-5)45-31/h6-11,21,25-26H,12-17H2,1-5H3,(H3,34,40,42,44)(H2,35,37,38,45)(H4,33,36,39,41,43). The average Bonchev–Trinajstić information content (AvgIpc) is 3.81. The Bertz CT molecular complexity index is 1830. The summed E-state index contributed by atoms with van der Waals surface area (Å²) >= 11 is 5.27. The van der Waals surface area contributed by atoms with Gasteiger partial charge in [-0.05, 0) is 64.1 Å². The summed E-state index contributed by atoms with van der Waals surface area (Å²) in [5.41, 5.74) is 12.7. The zero-order valence-electron chi connectivity index (χ0n) is 28.9. The van der Waals surface area contributed by atoms with Crippen molar-refractivity contribution < 1.29 is 0 Å². The van der Waals surface area contributed by atoms with E-state index in [9.17, 15) is 0 Å². The monoisotopic (exact) mass is 735 g/mol. The highest BCUT2D eigenvalue weighted by molar-refractivity contribution is 7.12. The Balaban J connectivity index is 1.21. The number of nitrogens with zero attached hydrogens (tertiary/aromatic N) is 8. The highest BCUT2D eigenvalue weighted by Crippen LogP contribution is 2.21. The van der Waals surface area contributed by atoms with Crippen LogP contribution in [-0.4, -0.2) is 84.2 Å². The van der Waals surface area contributed by atoms with Gasteiger partial charge in [0.1, 0.15) is 12.3 Å². The van der Waals surface area contributed by atoms with Crippen molar-refractivity contribution in [3.8, 4) is 0 Å². The van der Waals surface area contributed by atoms with E-state index >= 15 is 0 Å². The summed E-state index contributed by atoms with van der Waals surface area (Å²) in [5, 5.41) is 16.1. The van der Waals surface area contributed by atoms with Crippen LogP contribution in [0.5, 0.6) is 0 Å². The Hall–Kier alpha value is -4.68. The summed E-state index contributed by atoms with van der Waals surface area (Å²) in [5.74, 6) is 3.26. The van der Waals surface area contributed by atoms with Crippen molar-refractivity contribution in [2.24, 2.45) is 41.4 Å². The third kappa shape index (κ3) is 9.51. The van der Waals surface area contributed by atoms with Crippen LogP contribution >= 0.6 is 34.0 Å². The van der Waals surface area contributed by atoms with Gasteiger partial charge in [-0.25, -0.2) is 30.0 Å². The van der Waals surface area contributed by atoms with E-state index in [1.807, 2.05) is 14.0 Å². The molecule has 266 valence electrons. The first-order chi connectivity index (χ1) is 24.1. The van der Waals surface area contributed by atoms with Crippen molar-refractivity contribution >= 4 is 69.8 Å². The van der Waals surface area contributed by atoms with Crippen molar-refractivity contribution in [3.05, 3.63) is 65.7 Å². The maximum atomic E-state index is 6.45. The summed E-state index contributed by atoms with van der Waals surface area (Å²) in [4.78, 5) is 40.3. The van der Waals surface area contributed by atoms with Gasteiger partial charge >= 0.3 is 0 Å². The minimum absolute atomic E-state index is 0.239. The average molecular weight is 736 g/mol. The topological polar surface area (TPSA) is 193 Å². The number of nitrogens with two attached hydrogens (primary N) is 2. The van der Waals surface area contributed by atoms with Crippen LogP contribution in [0.2, 0.25) is 0 Å². The first-order valence-corrected chi connectivity index (χ1v) is 18.9. The lowest BCUT2D eigenvalue weighted by molar-refractivity contribution is 0.354. The molecule has 3 unspecified atom stereocenters. The van der Waals surface area contributed by atoms with E-state index in [0.29, 0.717) is 74.9 Å². The molecule has 6 heterocycles. The first kappa shape index (κ1) is 35.2. The molecule has 9 N–H and O–H groups in total. The largest absolute Gasteiger partial charge is 0.370 e. The zero-order valence-corrected chi connectivity index (χ0v) is 31.3. The molecule has 0 bridgehead atoms. The molecule has 6 rings (SSSR count). The summed E-state index contributed by atoms with van der Waals surface area (Å²) in [6.07, 6.45) is -0.490. The Morgan fingerprint density at radius 2 is 1.28 bits per heavy atom. The fourth-order valence-corrected chi connectivity index (χ4v) is 8.21. The van der Waals surface area contributed by atoms with E-state index in [1.165, 1.54) is 29.3 Å². The third-order valence-corrected chi connectivity index (χ3v) is 10.8. The Labute approximate surface area is 304 Å². The number of aryl methyl sites for hydroxylation is 3. The molecule has 0 aliphatic carbocycles. The lowest BCUT2D eigenvalue weighted by Crippen LogP contribution is -2.54. The SMILES string of the molecule is CNC1=NC(C)N=C(N(Cc2ccc(C)s2)CC2N=C(N)NC(N(CCC3N=C(N)NC(NCc4ccc(C)s4)=N3)Cc3ccc(C)s3)=N2)N1. The number of hydrogen-bond donors (Lipinski definition) is 7. The van der Waals surface area contributed by atoms with Crippen LogP contribution in [0.15, 0.2) is 66.4 Å². The van der Waals surface area contributed by atoms with Crippen molar-refractivity contribution in [1.82, 2.24) is 36.4 Å². The molecule has 0 fully saturated rings. The van der Waals surface area contributed by atoms with Gasteiger partial charge in [-0.1, -0.05) is 0 Å². The Morgan fingerprint density at radius 1 is 0.680 bits per heavy atom. The van der Waals surface area contributed by atoms with Gasteiger partial charge < -0.3 is 31.9 Å². The van der Waals surface area contributed by atoms with Gasteiger partial charge in [0, 0.05) is 49.3 Å². The molecular formula is C32H45N15S3. The summed E-state index contributed by atoms with van der Waals surface area (Å²) in [7, 11) is 1.84. The fourth-order valence-electron chi connectivity index (χ4n) is 5.57. The van der Waals surface area contributed by atoms with Crippen LogP contribution in [0.4, 0.5) is 0 Å². The molecule has 3 aromatic rings. The van der Waals surface area contributed by atoms with Crippen LogP contribution in [0, 0.1) is 20.8 Å². The van der Waals surface area contributed by atoms with Crippen LogP contribution in [0.25, 0.3) is 0 Å². The minimum atomic E-state index is -0.487. The number of hydrogen-bond acceptors (Lipinski definition) is 18. The van der Waals surface area contributed by atoms with E-state index in [1.54, 1.807) is 34.0 Å². The predicted octanol–water partition coefficient (Wildman–Crippen LogP) is 2.36. The van der Waals surface area contributed by atoms with E-state index in [0.717, 1.165) is 0 Å². The van der Waals surface area contributed by atoms with Gasteiger partial charge in [0.05, 0.1) is 26.2 Å². The lowest BCUT2D eigenvalue weighted by Gasteiger charge is -2.33. The molecule has 0 radical (unpaired) electrons. The van der Waals surface area contributed by atoms with Gasteiger partial charge in [0.25, 0.3) is 0 Å². The molecule has 18 heteroatoms. The normalized spacial score (nSPS) is 20.1. The van der Waals surface area contributed by atoms with E-state index in [-0.39, 0.29) is 12.3 Å². The molecule has 0 spiro atoms. The molecule has 3 aliphatic heterocycles. The number of nitrogens with one attached hydrogen (secondary N) is 5. The Morgan fingerprint density at radius 3 is 1.92 bits per heavy atom. The molecule has 3 aliphatic rings. The number of guanidine groups is 6. The van der Waals surface area contributed by atoms with Gasteiger partial charge in [-0.3, -0.25) is 16.0 Å². The maximum Gasteiger partial charge on any atom is 0.203 e. The molecule has 50 heavy (non-hydrogen) atoms. The molecule has 0 amide bonds.